The van der Waals surface area contributed by atoms with Gasteiger partial charge in [-0.2, -0.15) is 13.2 Å². The number of anilines is 1. The van der Waals surface area contributed by atoms with Gasteiger partial charge in [-0.1, -0.05) is 6.08 Å². The lowest BCUT2D eigenvalue weighted by atomic mass is 10.0. The predicted octanol–water partition coefficient (Wildman–Crippen LogP) is 3.83. The van der Waals surface area contributed by atoms with Crippen LogP contribution in [0.25, 0.3) is 5.70 Å². The van der Waals surface area contributed by atoms with E-state index in [1.165, 1.54) is 6.92 Å². The van der Waals surface area contributed by atoms with Gasteiger partial charge in [0, 0.05) is 25.1 Å². The molecule has 0 aromatic carbocycles. The Hall–Kier alpha value is -3.21. The van der Waals surface area contributed by atoms with E-state index in [0.29, 0.717) is 17.7 Å². The number of rotatable bonds is 8. The Labute approximate surface area is 183 Å². The summed E-state index contributed by atoms with van der Waals surface area (Å²) in [7, 11) is 1.57. The van der Waals surface area contributed by atoms with Gasteiger partial charge in [-0.15, -0.1) is 0 Å². The molecule has 3 rings (SSSR count). The van der Waals surface area contributed by atoms with Crippen LogP contribution in [0.4, 0.5) is 19.1 Å². The summed E-state index contributed by atoms with van der Waals surface area (Å²) in [5.74, 6) is 0.507. The molecule has 1 aliphatic rings. The van der Waals surface area contributed by atoms with Gasteiger partial charge in [0.2, 0.25) is 5.95 Å². The minimum atomic E-state index is -4.45. The molecule has 8 nitrogen and oxygen atoms in total. The van der Waals surface area contributed by atoms with Crippen LogP contribution in [0.1, 0.15) is 40.8 Å². The van der Waals surface area contributed by atoms with Gasteiger partial charge in [0.05, 0.1) is 43.2 Å². The Bertz CT molecular complexity index is 1060. The van der Waals surface area contributed by atoms with Gasteiger partial charge in [-0.25, -0.2) is 15.0 Å². The molecule has 1 aliphatic carbocycles. The zero-order valence-electron chi connectivity index (χ0n) is 18.2. The molecule has 32 heavy (non-hydrogen) atoms. The Morgan fingerprint density at radius 2 is 2.06 bits per heavy atom. The van der Waals surface area contributed by atoms with Gasteiger partial charge in [0.1, 0.15) is 18.1 Å². The molecule has 2 heterocycles. The SMILES string of the molecule is COC1=C(n2cnc(C)c2)C=CC(Nc2nc(COCC(F)(F)F)c(C)c(C(C)=O)n2)C1. The molecule has 0 bridgehead atoms. The second kappa shape index (κ2) is 9.51. The highest BCUT2D eigenvalue weighted by Crippen LogP contribution is 2.26. The number of ketones is 1. The third kappa shape index (κ3) is 5.72. The number of hydrogen-bond acceptors (Lipinski definition) is 7. The second-order valence-corrected chi connectivity index (χ2v) is 7.38. The number of hydrogen-bond donors (Lipinski definition) is 1. The van der Waals surface area contributed by atoms with Crippen LogP contribution in [0.15, 0.2) is 30.4 Å². The molecular weight excluding hydrogens is 427 g/mol. The van der Waals surface area contributed by atoms with Gasteiger partial charge >= 0.3 is 6.18 Å². The quantitative estimate of drug-likeness (QED) is 0.610. The summed E-state index contributed by atoms with van der Waals surface area (Å²) in [6.45, 7) is 3.01. The Balaban J connectivity index is 1.80. The van der Waals surface area contributed by atoms with Crippen molar-refractivity contribution in [2.24, 2.45) is 0 Å². The summed E-state index contributed by atoms with van der Waals surface area (Å²) >= 11 is 0. The number of Topliss-reactive ketones (excluding diaryl/α,β-unsaturated/α-hetero) is 1. The van der Waals surface area contributed by atoms with Crippen molar-refractivity contribution in [3.05, 3.63) is 53.1 Å². The molecule has 0 saturated heterocycles. The fourth-order valence-electron chi connectivity index (χ4n) is 3.28. The van der Waals surface area contributed by atoms with Gasteiger partial charge in [-0.05, 0) is 19.9 Å². The number of carbonyl (C=O) groups excluding carboxylic acids is 1. The van der Waals surface area contributed by atoms with Crippen molar-refractivity contribution in [2.45, 2.75) is 46.0 Å². The molecule has 0 fully saturated rings. The van der Waals surface area contributed by atoms with Gasteiger partial charge < -0.3 is 19.4 Å². The van der Waals surface area contributed by atoms with E-state index in [-0.39, 0.29) is 29.2 Å². The number of ether oxygens (including phenoxy) is 2. The summed E-state index contributed by atoms with van der Waals surface area (Å²) in [6, 6.07) is -0.259. The van der Waals surface area contributed by atoms with E-state index in [2.05, 4.69) is 20.3 Å². The summed E-state index contributed by atoms with van der Waals surface area (Å²) in [4.78, 5) is 24.8. The van der Waals surface area contributed by atoms with Crippen molar-refractivity contribution in [1.82, 2.24) is 19.5 Å². The number of nitrogens with zero attached hydrogens (tertiary/aromatic N) is 4. The van der Waals surface area contributed by atoms with Crippen molar-refractivity contribution >= 4 is 17.4 Å². The first-order chi connectivity index (χ1) is 15.1. The minimum Gasteiger partial charge on any atom is -0.499 e. The summed E-state index contributed by atoms with van der Waals surface area (Å²) < 4.78 is 49.4. The lowest BCUT2D eigenvalue weighted by molar-refractivity contribution is -0.176. The van der Waals surface area contributed by atoms with Crippen molar-refractivity contribution in [3.63, 3.8) is 0 Å². The topological polar surface area (TPSA) is 91.2 Å². The maximum Gasteiger partial charge on any atom is 0.411 e. The molecule has 0 amide bonds. The normalized spacial score (nSPS) is 16.4. The lowest BCUT2D eigenvalue weighted by Crippen LogP contribution is -2.24. The van der Waals surface area contributed by atoms with E-state index in [1.807, 2.05) is 29.8 Å². The first kappa shape index (κ1) is 23.5. The van der Waals surface area contributed by atoms with Crippen LogP contribution in [0, 0.1) is 13.8 Å². The average molecular weight is 451 g/mol. The van der Waals surface area contributed by atoms with Crippen LogP contribution < -0.4 is 5.32 Å². The van der Waals surface area contributed by atoms with Crippen molar-refractivity contribution in [3.8, 4) is 0 Å². The highest BCUT2D eigenvalue weighted by atomic mass is 19.4. The smallest absolute Gasteiger partial charge is 0.411 e. The molecule has 2 aromatic rings. The van der Waals surface area contributed by atoms with E-state index in [9.17, 15) is 18.0 Å². The van der Waals surface area contributed by atoms with Crippen LogP contribution in [0.2, 0.25) is 0 Å². The molecular formula is C21H24F3N5O3. The zero-order chi connectivity index (χ0) is 23.5. The maximum atomic E-state index is 12.4. The Morgan fingerprint density at radius 1 is 1.31 bits per heavy atom. The van der Waals surface area contributed by atoms with E-state index < -0.39 is 19.4 Å². The first-order valence-corrected chi connectivity index (χ1v) is 9.83. The van der Waals surface area contributed by atoms with Crippen LogP contribution in [-0.4, -0.2) is 51.2 Å². The highest BCUT2D eigenvalue weighted by molar-refractivity contribution is 5.94. The van der Waals surface area contributed by atoms with Crippen molar-refractivity contribution in [1.29, 1.82) is 0 Å². The maximum absolute atomic E-state index is 12.4. The third-order valence-electron chi connectivity index (χ3n) is 4.81. The number of methoxy groups -OCH3 is 1. The number of allylic oxidation sites excluding steroid dienone is 2. The number of halogens is 3. The number of carbonyl (C=O) groups is 1. The summed E-state index contributed by atoms with van der Waals surface area (Å²) in [5.41, 5.74) is 2.44. The predicted molar refractivity (Wildman–Crippen MR) is 111 cm³/mol. The van der Waals surface area contributed by atoms with Gasteiger partial charge in [0.25, 0.3) is 0 Å². The average Bonchev–Trinajstić information content (AvgIpc) is 3.14. The highest BCUT2D eigenvalue weighted by Gasteiger charge is 2.28. The Morgan fingerprint density at radius 3 is 2.66 bits per heavy atom. The molecule has 2 aromatic heterocycles. The Kier molecular flexibility index (Phi) is 6.97. The zero-order valence-corrected chi connectivity index (χ0v) is 18.2. The van der Waals surface area contributed by atoms with Gasteiger partial charge in [-0.3, -0.25) is 4.79 Å². The van der Waals surface area contributed by atoms with E-state index >= 15 is 0 Å². The van der Waals surface area contributed by atoms with E-state index in [4.69, 9.17) is 9.47 Å². The molecule has 0 radical (unpaired) electrons. The number of alkyl halides is 3. The first-order valence-electron chi connectivity index (χ1n) is 9.83. The van der Waals surface area contributed by atoms with Crippen molar-refractivity contribution in [2.75, 3.05) is 19.0 Å². The molecule has 11 heteroatoms. The molecule has 0 spiro atoms. The second-order valence-electron chi connectivity index (χ2n) is 7.38. The summed E-state index contributed by atoms with van der Waals surface area (Å²) in [6.07, 6.45) is 3.34. The fraction of sp³-hybridized carbons (Fsp3) is 0.429. The van der Waals surface area contributed by atoms with Crippen LogP contribution in [0.3, 0.4) is 0 Å². The molecule has 172 valence electrons. The molecule has 1 unspecified atom stereocenters. The number of aromatic nitrogens is 4. The molecule has 1 N–H and O–H groups in total. The largest absolute Gasteiger partial charge is 0.499 e. The standard InChI is InChI=1S/C21H24F3N5O3/c1-12-8-29(11-25-12)17-6-5-15(7-18(17)31-4)26-20-27-16(9-32-10-21(22,23)24)13(2)19(28-20)14(3)30/h5-6,8,11,15H,7,9-10H2,1-4H3,(H,26,27,28). The number of aryl methyl sites for hydroxylation is 1. The molecule has 1 atom stereocenters. The van der Waals surface area contributed by atoms with Crippen LogP contribution >= 0.6 is 0 Å². The fourth-order valence-corrected chi connectivity index (χ4v) is 3.28. The number of imidazole rings is 1. The molecule has 0 saturated carbocycles. The monoisotopic (exact) mass is 451 g/mol. The van der Waals surface area contributed by atoms with Crippen molar-refractivity contribution < 1.29 is 27.4 Å². The van der Waals surface area contributed by atoms with Gasteiger partial charge in [0.15, 0.2) is 5.78 Å². The number of nitrogens with one attached hydrogen (secondary N) is 1. The van der Waals surface area contributed by atoms with Crippen LogP contribution in [0.5, 0.6) is 0 Å². The third-order valence-corrected chi connectivity index (χ3v) is 4.81. The minimum absolute atomic E-state index is 0.124. The molecule has 0 aliphatic heterocycles. The van der Waals surface area contributed by atoms with Crippen LogP contribution in [-0.2, 0) is 16.1 Å². The van der Waals surface area contributed by atoms with E-state index in [1.54, 1.807) is 20.4 Å². The van der Waals surface area contributed by atoms with E-state index in [0.717, 1.165) is 11.4 Å². The summed E-state index contributed by atoms with van der Waals surface area (Å²) in [5, 5.41) is 3.11. The lowest BCUT2D eigenvalue weighted by Gasteiger charge is -2.23.